The van der Waals surface area contributed by atoms with E-state index in [2.05, 4.69) is 5.32 Å². The van der Waals surface area contributed by atoms with Crippen molar-refractivity contribution in [3.8, 4) is 0 Å². The zero-order valence-corrected chi connectivity index (χ0v) is 12.7. The van der Waals surface area contributed by atoms with Gasteiger partial charge in [0.15, 0.2) is 0 Å². The van der Waals surface area contributed by atoms with E-state index in [1.807, 2.05) is 0 Å². The van der Waals surface area contributed by atoms with E-state index in [4.69, 9.17) is 0 Å². The lowest BCUT2D eigenvalue weighted by atomic mass is 9.92. The number of amides is 1. The van der Waals surface area contributed by atoms with Crippen molar-refractivity contribution in [1.82, 2.24) is 4.90 Å². The van der Waals surface area contributed by atoms with E-state index in [0.29, 0.717) is 5.69 Å². The van der Waals surface area contributed by atoms with Crippen molar-refractivity contribution in [3.63, 3.8) is 0 Å². The molecule has 1 aliphatic heterocycles. The predicted octanol–water partition coefficient (Wildman–Crippen LogP) is -1.78. The third-order valence-corrected chi connectivity index (χ3v) is 3.99. The first-order valence-corrected chi connectivity index (χ1v) is 7.30. The van der Waals surface area contributed by atoms with Crippen molar-refractivity contribution in [2.24, 2.45) is 0 Å². The van der Waals surface area contributed by atoms with Crippen LogP contribution in [0.1, 0.15) is 12.5 Å². The minimum absolute atomic E-state index is 0.146. The summed E-state index contributed by atoms with van der Waals surface area (Å²) >= 11 is 0. The van der Waals surface area contributed by atoms with Gasteiger partial charge in [-0.3, -0.25) is 9.69 Å². The van der Waals surface area contributed by atoms with Gasteiger partial charge in [0.2, 0.25) is 5.91 Å². The number of hydrogen-bond donors (Lipinski definition) is 6. The first kappa shape index (κ1) is 17.8. The van der Waals surface area contributed by atoms with Crippen LogP contribution in [0.4, 0.5) is 5.69 Å². The molecular weight excluding hydrogens is 304 g/mol. The number of carbonyl (C=O) groups is 1. The Kier molecular flexibility index (Phi) is 5.69. The topological polar surface area (TPSA) is 133 Å². The van der Waals surface area contributed by atoms with Crippen LogP contribution in [-0.2, 0) is 11.3 Å². The standard InChI is InChI=1S/C15H22N2O6/c1-8(19)16-10-4-2-9(3-5-10)6-17-11(7-18)12(20)13(21)14(22)15(17)23/h2-5,11-15,18,20-23H,6-7H2,1H3,(H,16,19)/t11-,12+,13+,14-,15?/m1/s1. The van der Waals surface area contributed by atoms with Crippen LogP contribution in [-0.4, -0.2) is 73.5 Å². The normalized spacial score (nSPS) is 31.8. The number of piperidine rings is 1. The Morgan fingerprint density at radius 3 is 2.22 bits per heavy atom. The van der Waals surface area contributed by atoms with Crippen molar-refractivity contribution in [2.75, 3.05) is 11.9 Å². The monoisotopic (exact) mass is 326 g/mol. The van der Waals surface area contributed by atoms with Crippen molar-refractivity contribution in [3.05, 3.63) is 29.8 Å². The average Bonchev–Trinajstić information content (AvgIpc) is 2.52. The lowest BCUT2D eigenvalue weighted by molar-refractivity contribution is -0.225. The highest BCUT2D eigenvalue weighted by atomic mass is 16.4. The fourth-order valence-corrected chi connectivity index (χ4v) is 2.73. The van der Waals surface area contributed by atoms with Crippen LogP contribution in [0.25, 0.3) is 0 Å². The molecule has 1 saturated heterocycles. The molecule has 1 heterocycles. The Hall–Kier alpha value is -1.55. The summed E-state index contributed by atoms with van der Waals surface area (Å²) < 4.78 is 0. The van der Waals surface area contributed by atoms with E-state index < -0.39 is 37.2 Å². The summed E-state index contributed by atoms with van der Waals surface area (Å²) in [6.07, 6.45) is -5.86. The average molecular weight is 326 g/mol. The minimum atomic E-state index is -1.54. The third kappa shape index (κ3) is 3.86. The molecule has 2 rings (SSSR count). The lowest BCUT2D eigenvalue weighted by Crippen LogP contribution is -2.66. The van der Waals surface area contributed by atoms with E-state index in [1.165, 1.54) is 11.8 Å². The number of aliphatic hydroxyl groups is 5. The number of aliphatic hydroxyl groups excluding tert-OH is 5. The highest BCUT2D eigenvalue weighted by Crippen LogP contribution is 2.25. The Morgan fingerprint density at radius 1 is 1.09 bits per heavy atom. The number of anilines is 1. The number of likely N-dealkylation sites (tertiary alicyclic amines) is 1. The quantitative estimate of drug-likeness (QED) is 0.385. The maximum Gasteiger partial charge on any atom is 0.221 e. The maximum atomic E-state index is 11.0. The van der Waals surface area contributed by atoms with Gasteiger partial charge in [0.25, 0.3) is 0 Å². The fourth-order valence-electron chi connectivity index (χ4n) is 2.73. The first-order chi connectivity index (χ1) is 10.8. The Labute approximate surface area is 133 Å². The molecule has 8 nitrogen and oxygen atoms in total. The summed E-state index contributed by atoms with van der Waals surface area (Å²) in [5.74, 6) is -0.190. The van der Waals surface area contributed by atoms with Gasteiger partial charge in [-0.05, 0) is 17.7 Å². The molecule has 1 fully saturated rings. The number of rotatable bonds is 4. The summed E-state index contributed by atoms with van der Waals surface area (Å²) in [7, 11) is 0. The second-order valence-corrected chi connectivity index (χ2v) is 5.69. The van der Waals surface area contributed by atoms with Crippen molar-refractivity contribution >= 4 is 11.6 Å². The van der Waals surface area contributed by atoms with Gasteiger partial charge in [0.1, 0.15) is 24.5 Å². The number of hydrogen-bond acceptors (Lipinski definition) is 7. The largest absolute Gasteiger partial charge is 0.395 e. The predicted molar refractivity (Wildman–Crippen MR) is 81.2 cm³/mol. The molecule has 23 heavy (non-hydrogen) atoms. The molecule has 1 aliphatic rings. The van der Waals surface area contributed by atoms with Gasteiger partial charge in [-0.15, -0.1) is 0 Å². The SMILES string of the molecule is CC(=O)Nc1ccc(CN2C(O)[C@H](O)[C@@H](O)[C@@H](O)[C@H]2CO)cc1. The van der Waals surface area contributed by atoms with Crippen LogP contribution < -0.4 is 5.32 Å². The molecule has 1 amide bonds. The second kappa shape index (κ2) is 7.35. The molecule has 1 aromatic carbocycles. The van der Waals surface area contributed by atoms with Crippen LogP contribution in [0.15, 0.2) is 24.3 Å². The van der Waals surface area contributed by atoms with Gasteiger partial charge in [-0.2, -0.15) is 0 Å². The highest BCUT2D eigenvalue weighted by Gasteiger charge is 2.46. The number of nitrogens with zero attached hydrogens (tertiary/aromatic N) is 1. The van der Waals surface area contributed by atoms with Gasteiger partial charge >= 0.3 is 0 Å². The van der Waals surface area contributed by atoms with Gasteiger partial charge in [0.05, 0.1) is 12.6 Å². The van der Waals surface area contributed by atoms with Crippen LogP contribution in [0.5, 0.6) is 0 Å². The summed E-state index contributed by atoms with van der Waals surface area (Å²) in [4.78, 5) is 12.3. The van der Waals surface area contributed by atoms with E-state index in [0.717, 1.165) is 5.56 Å². The van der Waals surface area contributed by atoms with Crippen LogP contribution in [0.3, 0.4) is 0 Å². The number of nitrogens with one attached hydrogen (secondary N) is 1. The lowest BCUT2D eigenvalue weighted by Gasteiger charge is -2.46. The van der Waals surface area contributed by atoms with Crippen molar-refractivity contribution < 1.29 is 30.3 Å². The number of benzene rings is 1. The molecule has 5 atom stereocenters. The summed E-state index contributed by atoms with van der Waals surface area (Å²) in [5, 5.41) is 51.6. The second-order valence-electron chi connectivity index (χ2n) is 5.69. The van der Waals surface area contributed by atoms with E-state index >= 15 is 0 Å². The molecule has 6 N–H and O–H groups in total. The molecule has 0 radical (unpaired) electrons. The zero-order valence-electron chi connectivity index (χ0n) is 12.7. The van der Waals surface area contributed by atoms with Gasteiger partial charge < -0.3 is 30.8 Å². The molecule has 0 saturated carbocycles. The Morgan fingerprint density at radius 2 is 1.70 bits per heavy atom. The molecule has 0 aromatic heterocycles. The van der Waals surface area contributed by atoms with Crippen LogP contribution in [0, 0.1) is 0 Å². The smallest absolute Gasteiger partial charge is 0.221 e. The molecule has 0 aliphatic carbocycles. The minimum Gasteiger partial charge on any atom is -0.395 e. The third-order valence-electron chi connectivity index (χ3n) is 3.99. The first-order valence-electron chi connectivity index (χ1n) is 7.30. The molecule has 1 unspecified atom stereocenters. The highest BCUT2D eigenvalue weighted by molar-refractivity contribution is 5.88. The molecule has 128 valence electrons. The van der Waals surface area contributed by atoms with Crippen molar-refractivity contribution in [1.29, 1.82) is 0 Å². The molecule has 0 spiro atoms. The van der Waals surface area contributed by atoms with Crippen LogP contribution >= 0.6 is 0 Å². The van der Waals surface area contributed by atoms with E-state index in [-0.39, 0.29) is 12.5 Å². The van der Waals surface area contributed by atoms with Gasteiger partial charge in [-0.25, -0.2) is 0 Å². The summed E-state index contributed by atoms with van der Waals surface area (Å²) in [6, 6.07) is 5.90. The zero-order chi connectivity index (χ0) is 17.1. The Bertz CT molecular complexity index is 537. The van der Waals surface area contributed by atoms with E-state index in [9.17, 15) is 30.3 Å². The molecule has 0 bridgehead atoms. The fraction of sp³-hybridized carbons (Fsp3) is 0.533. The number of carbonyl (C=O) groups excluding carboxylic acids is 1. The Balaban J connectivity index is 2.14. The summed E-state index contributed by atoms with van der Waals surface area (Å²) in [6.45, 7) is 1.07. The summed E-state index contributed by atoms with van der Waals surface area (Å²) in [5.41, 5.74) is 1.36. The van der Waals surface area contributed by atoms with Crippen LogP contribution in [0.2, 0.25) is 0 Å². The van der Waals surface area contributed by atoms with Gasteiger partial charge in [0, 0.05) is 19.2 Å². The van der Waals surface area contributed by atoms with Crippen molar-refractivity contribution in [2.45, 2.75) is 44.1 Å². The van der Waals surface area contributed by atoms with E-state index in [1.54, 1.807) is 24.3 Å². The molecular formula is C15H22N2O6. The van der Waals surface area contributed by atoms with Gasteiger partial charge in [-0.1, -0.05) is 12.1 Å². The molecule has 8 heteroatoms. The molecule has 1 aromatic rings. The maximum absolute atomic E-state index is 11.0.